The summed E-state index contributed by atoms with van der Waals surface area (Å²) in [4.78, 5) is 1.07. The molecule has 0 aliphatic carbocycles. The molecule has 5 heteroatoms. The fourth-order valence-corrected chi connectivity index (χ4v) is 1.80. The van der Waals surface area contributed by atoms with Gasteiger partial charge in [0.05, 0.1) is 12.8 Å². The van der Waals surface area contributed by atoms with Crippen molar-refractivity contribution in [2.75, 3.05) is 13.7 Å². The Kier molecular flexibility index (Phi) is 2.23. The van der Waals surface area contributed by atoms with Crippen LogP contribution >= 0.6 is 11.9 Å². The first-order chi connectivity index (χ1) is 5.92. The molecule has 0 bridgehead atoms. The Morgan fingerprint density at radius 3 is 3.50 bits per heavy atom. The molecule has 0 fully saturated rings. The Morgan fingerprint density at radius 1 is 1.75 bits per heavy atom. The second kappa shape index (κ2) is 3.37. The fraction of sp³-hybridized carbons (Fsp3) is 0.571. The third kappa shape index (κ3) is 1.30. The summed E-state index contributed by atoms with van der Waals surface area (Å²) in [5, 5.41) is 4.21. The zero-order valence-electron chi connectivity index (χ0n) is 6.91. The number of aryl methyl sites for hydroxylation is 1. The van der Waals surface area contributed by atoms with E-state index in [0.29, 0.717) is 0 Å². The van der Waals surface area contributed by atoms with Crippen LogP contribution in [-0.4, -0.2) is 23.4 Å². The minimum absolute atomic E-state index is 0.808. The first-order valence-electron chi connectivity index (χ1n) is 3.94. The first kappa shape index (κ1) is 7.94. The van der Waals surface area contributed by atoms with E-state index in [1.807, 2.05) is 17.9 Å². The van der Waals surface area contributed by atoms with Gasteiger partial charge in [0.1, 0.15) is 4.90 Å². The molecule has 1 aromatic rings. The molecule has 1 aromatic heterocycles. The monoisotopic (exact) mass is 185 g/mol. The Bertz CT molecular complexity index is 274. The predicted molar refractivity (Wildman–Crippen MR) is 47.3 cm³/mol. The predicted octanol–water partition coefficient (Wildman–Crippen LogP) is 0.892. The standard InChI is InChI=1S/C7H11N3OS/c1-8-12-6-5-9-10-3-2-4-11-7(6)10/h5,8H,2-4H2,1H3. The molecule has 66 valence electrons. The van der Waals surface area contributed by atoms with Gasteiger partial charge in [0, 0.05) is 13.0 Å². The van der Waals surface area contributed by atoms with Gasteiger partial charge in [-0.15, -0.1) is 0 Å². The quantitative estimate of drug-likeness (QED) is 0.695. The topological polar surface area (TPSA) is 39.1 Å². The summed E-state index contributed by atoms with van der Waals surface area (Å²) in [7, 11) is 1.89. The smallest absolute Gasteiger partial charge is 0.227 e. The zero-order chi connectivity index (χ0) is 8.39. The maximum atomic E-state index is 5.49. The summed E-state index contributed by atoms with van der Waals surface area (Å²) in [6.45, 7) is 1.78. The Morgan fingerprint density at radius 2 is 2.67 bits per heavy atom. The van der Waals surface area contributed by atoms with Crippen LogP contribution in [0.5, 0.6) is 5.88 Å². The van der Waals surface area contributed by atoms with E-state index < -0.39 is 0 Å². The molecule has 1 aliphatic heterocycles. The highest BCUT2D eigenvalue weighted by molar-refractivity contribution is 7.97. The van der Waals surface area contributed by atoms with Crippen molar-refractivity contribution in [3.8, 4) is 5.88 Å². The van der Waals surface area contributed by atoms with Crippen LogP contribution in [0, 0.1) is 0 Å². The maximum absolute atomic E-state index is 5.49. The molecule has 12 heavy (non-hydrogen) atoms. The summed E-state index contributed by atoms with van der Waals surface area (Å²) in [6, 6.07) is 0. The maximum Gasteiger partial charge on any atom is 0.227 e. The van der Waals surface area contributed by atoms with Gasteiger partial charge in [-0.1, -0.05) is 0 Å². The number of hydrogen-bond donors (Lipinski definition) is 1. The normalized spacial score (nSPS) is 15.4. The first-order valence-corrected chi connectivity index (χ1v) is 4.75. The second-order valence-corrected chi connectivity index (χ2v) is 3.60. The molecule has 0 aromatic carbocycles. The molecular formula is C7H11N3OS. The summed E-state index contributed by atoms with van der Waals surface area (Å²) in [5.74, 6) is 0.903. The number of rotatable bonds is 2. The second-order valence-electron chi connectivity index (χ2n) is 2.55. The molecule has 4 nitrogen and oxygen atoms in total. The highest BCUT2D eigenvalue weighted by Crippen LogP contribution is 2.28. The number of fused-ring (bicyclic) bond motifs is 1. The van der Waals surface area contributed by atoms with Crippen molar-refractivity contribution in [3.63, 3.8) is 0 Å². The molecule has 2 rings (SSSR count). The average Bonchev–Trinajstić information content (AvgIpc) is 2.50. The van der Waals surface area contributed by atoms with Gasteiger partial charge in [-0.2, -0.15) is 5.10 Å². The van der Waals surface area contributed by atoms with Crippen molar-refractivity contribution in [2.45, 2.75) is 17.9 Å². The molecule has 0 amide bonds. The Balaban J connectivity index is 2.25. The van der Waals surface area contributed by atoms with Crippen molar-refractivity contribution in [3.05, 3.63) is 6.20 Å². The number of ether oxygens (including phenoxy) is 1. The van der Waals surface area contributed by atoms with Crippen LogP contribution in [0.25, 0.3) is 0 Å². The van der Waals surface area contributed by atoms with Gasteiger partial charge in [-0.25, -0.2) is 4.68 Å². The van der Waals surface area contributed by atoms with Gasteiger partial charge < -0.3 is 4.74 Å². The number of aromatic nitrogens is 2. The lowest BCUT2D eigenvalue weighted by atomic mass is 10.4. The van der Waals surface area contributed by atoms with E-state index in [9.17, 15) is 0 Å². The Labute approximate surface area is 75.4 Å². The lowest BCUT2D eigenvalue weighted by molar-refractivity contribution is 0.225. The van der Waals surface area contributed by atoms with Crippen LogP contribution in [-0.2, 0) is 6.54 Å². The SMILES string of the molecule is CNSc1cnn2c1OCCC2. The minimum atomic E-state index is 0.808. The van der Waals surface area contributed by atoms with E-state index in [4.69, 9.17) is 4.74 Å². The molecule has 0 atom stereocenters. The molecule has 0 unspecified atom stereocenters. The van der Waals surface area contributed by atoms with Gasteiger partial charge in [-0.05, 0) is 19.0 Å². The van der Waals surface area contributed by atoms with Crippen molar-refractivity contribution in [1.82, 2.24) is 14.5 Å². The largest absolute Gasteiger partial charge is 0.477 e. The van der Waals surface area contributed by atoms with Gasteiger partial charge >= 0.3 is 0 Å². The van der Waals surface area contributed by atoms with Crippen LogP contribution in [0.1, 0.15) is 6.42 Å². The van der Waals surface area contributed by atoms with Gasteiger partial charge in [-0.3, -0.25) is 4.72 Å². The Hall–Kier alpha value is -0.680. The van der Waals surface area contributed by atoms with E-state index in [0.717, 1.165) is 30.3 Å². The van der Waals surface area contributed by atoms with Crippen LogP contribution < -0.4 is 9.46 Å². The van der Waals surface area contributed by atoms with Gasteiger partial charge in [0.25, 0.3) is 0 Å². The molecule has 0 spiro atoms. The van der Waals surface area contributed by atoms with E-state index >= 15 is 0 Å². The highest BCUT2D eigenvalue weighted by atomic mass is 32.2. The summed E-state index contributed by atoms with van der Waals surface area (Å²) < 4.78 is 10.4. The molecule has 2 heterocycles. The molecule has 0 radical (unpaired) electrons. The van der Waals surface area contributed by atoms with Gasteiger partial charge in [0.15, 0.2) is 0 Å². The summed E-state index contributed by atoms with van der Waals surface area (Å²) in [5.41, 5.74) is 0. The van der Waals surface area contributed by atoms with Crippen molar-refractivity contribution in [2.24, 2.45) is 0 Å². The van der Waals surface area contributed by atoms with Crippen molar-refractivity contribution < 1.29 is 4.74 Å². The van der Waals surface area contributed by atoms with Crippen LogP contribution in [0.3, 0.4) is 0 Å². The third-order valence-corrected chi connectivity index (χ3v) is 2.43. The number of nitrogens with one attached hydrogen (secondary N) is 1. The third-order valence-electron chi connectivity index (χ3n) is 1.72. The summed E-state index contributed by atoms with van der Waals surface area (Å²) in [6.07, 6.45) is 2.89. The van der Waals surface area contributed by atoms with Crippen molar-refractivity contribution in [1.29, 1.82) is 0 Å². The molecule has 0 saturated heterocycles. The van der Waals surface area contributed by atoms with Crippen LogP contribution in [0.15, 0.2) is 11.1 Å². The number of nitrogens with zero attached hydrogens (tertiary/aromatic N) is 2. The van der Waals surface area contributed by atoms with E-state index in [1.54, 1.807) is 0 Å². The number of hydrogen-bond acceptors (Lipinski definition) is 4. The van der Waals surface area contributed by atoms with Crippen LogP contribution in [0.4, 0.5) is 0 Å². The van der Waals surface area contributed by atoms with Gasteiger partial charge in [0.2, 0.25) is 5.88 Å². The van der Waals surface area contributed by atoms with Crippen molar-refractivity contribution >= 4 is 11.9 Å². The lowest BCUT2D eigenvalue weighted by Gasteiger charge is -2.15. The zero-order valence-corrected chi connectivity index (χ0v) is 7.73. The lowest BCUT2D eigenvalue weighted by Crippen LogP contribution is -2.15. The highest BCUT2D eigenvalue weighted by Gasteiger charge is 2.15. The summed E-state index contributed by atoms with van der Waals surface area (Å²) >= 11 is 1.54. The van der Waals surface area contributed by atoms with E-state index in [2.05, 4.69) is 9.82 Å². The fourth-order valence-electron chi connectivity index (χ4n) is 1.23. The molecule has 1 N–H and O–H groups in total. The minimum Gasteiger partial charge on any atom is -0.477 e. The van der Waals surface area contributed by atoms with E-state index in [-0.39, 0.29) is 0 Å². The van der Waals surface area contributed by atoms with E-state index in [1.165, 1.54) is 11.9 Å². The average molecular weight is 185 g/mol. The van der Waals surface area contributed by atoms with Crippen LogP contribution in [0.2, 0.25) is 0 Å². The molecule has 0 saturated carbocycles. The molecule has 1 aliphatic rings. The molecular weight excluding hydrogens is 174 g/mol.